The number of imidazole rings is 1. The van der Waals surface area contributed by atoms with E-state index >= 15 is 0 Å². The van der Waals surface area contributed by atoms with Crippen LogP contribution in [-0.2, 0) is 6.54 Å². The minimum absolute atomic E-state index is 0.0301. The van der Waals surface area contributed by atoms with Crippen molar-refractivity contribution in [3.05, 3.63) is 42.2 Å². The first-order valence-electron chi connectivity index (χ1n) is 8.23. The Balaban J connectivity index is 1.55. The van der Waals surface area contributed by atoms with Gasteiger partial charge in [-0.1, -0.05) is 0 Å². The fraction of sp³-hybridized carbons (Fsp3) is 0.250. The van der Waals surface area contributed by atoms with Gasteiger partial charge in [0.1, 0.15) is 5.00 Å². The van der Waals surface area contributed by atoms with Crippen molar-refractivity contribution in [3.63, 3.8) is 0 Å². The molecule has 0 aliphatic carbocycles. The highest BCUT2D eigenvalue weighted by Crippen LogP contribution is 2.27. The first-order valence-corrected chi connectivity index (χ1v) is 9.00. The summed E-state index contributed by atoms with van der Waals surface area (Å²) in [6, 6.07) is 1.69. The number of anilines is 2. The molecule has 146 valence electrons. The molecule has 3 N–H and O–H groups in total. The maximum absolute atomic E-state index is 12.2. The van der Waals surface area contributed by atoms with Gasteiger partial charge in [-0.25, -0.2) is 9.97 Å². The highest BCUT2D eigenvalue weighted by Gasteiger charge is 2.26. The number of nitrogens with one attached hydrogen (secondary N) is 3. The van der Waals surface area contributed by atoms with E-state index in [1.165, 1.54) is 0 Å². The number of aromatic amines is 1. The number of aryl methyl sites for hydroxylation is 1. The van der Waals surface area contributed by atoms with Crippen molar-refractivity contribution in [1.82, 2.24) is 34.3 Å². The van der Waals surface area contributed by atoms with E-state index in [0.717, 1.165) is 28.5 Å². The second-order valence-electron chi connectivity index (χ2n) is 6.08. The molecule has 4 aromatic heterocycles. The summed E-state index contributed by atoms with van der Waals surface area (Å²) in [7, 11) is 0. The summed E-state index contributed by atoms with van der Waals surface area (Å²) in [5.74, 6) is 0.535. The summed E-state index contributed by atoms with van der Waals surface area (Å²) in [6.45, 7) is 0.837. The van der Waals surface area contributed by atoms with E-state index in [4.69, 9.17) is 0 Å². The number of fused-ring (bicyclic) bond motifs is 1. The van der Waals surface area contributed by atoms with Gasteiger partial charge in [-0.3, -0.25) is 9.50 Å². The van der Waals surface area contributed by atoms with Gasteiger partial charge < -0.3 is 10.6 Å². The molecular formula is C16H15F3N8S. The molecule has 0 bridgehead atoms. The van der Waals surface area contributed by atoms with E-state index < -0.39 is 12.7 Å². The Bertz CT molecular complexity index is 1080. The topological polar surface area (TPSA) is 95.8 Å². The first kappa shape index (κ1) is 18.4. The van der Waals surface area contributed by atoms with E-state index in [1.54, 1.807) is 24.7 Å². The molecule has 4 rings (SSSR count). The van der Waals surface area contributed by atoms with Crippen LogP contribution >= 0.6 is 11.5 Å². The van der Waals surface area contributed by atoms with Crippen molar-refractivity contribution in [2.75, 3.05) is 11.9 Å². The highest BCUT2D eigenvalue weighted by atomic mass is 32.1. The molecule has 4 heterocycles. The first-order chi connectivity index (χ1) is 13.4. The number of hydrogen-bond donors (Lipinski definition) is 3. The van der Waals surface area contributed by atoms with Crippen LogP contribution in [0.2, 0.25) is 0 Å². The SMILES string of the molecule is Cc1cn2c(-c3cn[nH]c3)cnc2c(Nc2cc(CNCC(F)(F)F)ns2)n1. The highest BCUT2D eigenvalue weighted by molar-refractivity contribution is 7.10. The zero-order valence-electron chi connectivity index (χ0n) is 14.6. The van der Waals surface area contributed by atoms with Crippen LogP contribution in [0.25, 0.3) is 16.9 Å². The number of rotatable bonds is 6. The fourth-order valence-corrected chi connectivity index (χ4v) is 3.36. The van der Waals surface area contributed by atoms with Crippen LogP contribution < -0.4 is 10.6 Å². The molecule has 0 saturated heterocycles. The van der Waals surface area contributed by atoms with Crippen molar-refractivity contribution < 1.29 is 13.2 Å². The lowest BCUT2D eigenvalue weighted by Gasteiger charge is -2.07. The van der Waals surface area contributed by atoms with E-state index in [1.807, 2.05) is 17.5 Å². The third-order valence-electron chi connectivity index (χ3n) is 3.84. The molecule has 0 aliphatic rings. The molecule has 0 aromatic carbocycles. The van der Waals surface area contributed by atoms with Gasteiger partial charge in [0.2, 0.25) is 0 Å². The fourth-order valence-electron chi connectivity index (χ4n) is 2.70. The van der Waals surface area contributed by atoms with Crippen LogP contribution in [0.5, 0.6) is 0 Å². The van der Waals surface area contributed by atoms with Crippen LogP contribution in [0, 0.1) is 6.92 Å². The largest absolute Gasteiger partial charge is 0.401 e. The molecule has 0 saturated carbocycles. The van der Waals surface area contributed by atoms with E-state index in [-0.39, 0.29) is 6.54 Å². The van der Waals surface area contributed by atoms with E-state index in [0.29, 0.717) is 22.2 Å². The summed E-state index contributed by atoms with van der Waals surface area (Å²) in [6.07, 6.45) is 2.83. The molecule has 8 nitrogen and oxygen atoms in total. The third kappa shape index (κ3) is 3.97. The van der Waals surface area contributed by atoms with Gasteiger partial charge >= 0.3 is 6.18 Å². The number of aromatic nitrogens is 6. The molecular weight excluding hydrogens is 393 g/mol. The van der Waals surface area contributed by atoms with Crippen molar-refractivity contribution >= 4 is 28.0 Å². The Morgan fingerprint density at radius 2 is 2.14 bits per heavy atom. The quantitative estimate of drug-likeness (QED) is 0.453. The molecule has 0 unspecified atom stereocenters. The summed E-state index contributed by atoms with van der Waals surface area (Å²) in [5.41, 5.74) is 3.66. The Labute approximate surface area is 161 Å². The zero-order chi connectivity index (χ0) is 19.7. The molecule has 0 aliphatic heterocycles. The lowest BCUT2D eigenvalue weighted by molar-refractivity contribution is -0.125. The molecule has 4 aromatic rings. The number of halogens is 3. The normalized spacial score (nSPS) is 12.0. The minimum atomic E-state index is -4.25. The van der Waals surface area contributed by atoms with Crippen LogP contribution in [0.4, 0.5) is 24.0 Å². The predicted octanol–water partition coefficient (Wildman–Crippen LogP) is 3.28. The minimum Gasteiger partial charge on any atom is -0.328 e. The Morgan fingerprint density at radius 3 is 2.89 bits per heavy atom. The van der Waals surface area contributed by atoms with E-state index in [2.05, 4.69) is 35.2 Å². The van der Waals surface area contributed by atoms with Gasteiger partial charge in [0.15, 0.2) is 11.5 Å². The number of alkyl halides is 3. The van der Waals surface area contributed by atoms with Crippen molar-refractivity contribution in [2.45, 2.75) is 19.6 Å². The molecule has 0 amide bonds. The van der Waals surface area contributed by atoms with Crippen molar-refractivity contribution in [1.29, 1.82) is 0 Å². The van der Waals surface area contributed by atoms with Crippen LogP contribution in [-0.4, -0.2) is 41.7 Å². The van der Waals surface area contributed by atoms with Crippen LogP contribution in [0.1, 0.15) is 11.4 Å². The molecule has 0 radical (unpaired) electrons. The summed E-state index contributed by atoms with van der Waals surface area (Å²) < 4.78 is 42.7. The lowest BCUT2D eigenvalue weighted by Crippen LogP contribution is -2.28. The molecule has 12 heteroatoms. The number of H-pyrrole nitrogens is 1. The third-order valence-corrected chi connectivity index (χ3v) is 4.58. The summed E-state index contributed by atoms with van der Waals surface area (Å²) in [4.78, 5) is 8.93. The monoisotopic (exact) mass is 408 g/mol. The zero-order valence-corrected chi connectivity index (χ0v) is 15.4. The Morgan fingerprint density at radius 1 is 1.29 bits per heavy atom. The number of hydrogen-bond acceptors (Lipinski definition) is 7. The Kier molecular flexibility index (Phi) is 4.73. The summed E-state index contributed by atoms with van der Waals surface area (Å²) in [5, 5.41) is 12.9. The number of nitrogens with zero attached hydrogens (tertiary/aromatic N) is 5. The van der Waals surface area contributed by atoms with Crippen LogP contribution in [0.3, 0.4) is 0 Å². The van der Waals surface area contributed by atoms with Crippen LogP contribution in [0.15, 0.2) is 30.9 Å². The van der Waals surface area contributed by atoms with Gasteiger partial charge in [0.05, 0.1) is 36.0 Å². The molecule has 0 spiro atoms. The van der Waals surface area contributed by atoms with Gasteiger partial charge in [0, 0.05) is 24.5 Å². The van der Waals surface area contributed by atoms with Gasteiger partial charge in [-0.2, -0.15) is 22.6 Å². The van der Waals surface area contributed by atoms with E-state index in [9.17, 15) is 13.2 Å². The van der Waals surface area contributed by atoms with Crippen molar-refractivity contribution in [2.24, 2.45) is 0 Å². The predicted molar refractivity (Wildman–Crippen MR) is 98.5 cm³/mol. The molecule has 0 fully saturated rings. The average molecular weight is 408 g/mol. The van der Waals surface area contributed by atoms with Gasteiger partial charge in [-0.15, -0.1) is 0 Å². The van der Waals surface area contributed by atoms with Gasteiger partial charge in [0.25, 0.3) is 0 Å². The molecule has 0 atom stereocenters. The van der Waals surface area contributed by atoms with Gasteiger partial charge in [-0.05, 0) is 24.5 Å². The maximum Gasteiger partial charge on any atom is 0.401 e. The average Bonchev–Trinajstić information content (AvgIpc) is 3.33. The smallest absolute Gasteiger partial charge is 0.328 e. The maximum atomic E-state index is 12.2. The standard InChI is InChI=1S/C16H15F3N8S/c1-9-7-27-12(10-3-22-23-4-10)6-21-15(27)14(24-9)25-13-2-11(26-28-13)5-20-8-16(17,18)19/h2-4,6-7,20H,5,8H2,1H3,(H,22,23)(H,24,25). The Hall–Kier alpha value is -2.99. The lowest BCUT2D eigenvalue weighted by atomic mass is 10.3. The second kappa shape index (κ2) is 7.20. The summed E-state index contributed by atoms with van der Waals surface area (Å²) >= 11 is 1.15. The molecule has 28 heavy (non-hydrogen) atoms. The van der Waals surface area contributed by atoms with Crippen molar-refractivity contribution in [3.8, 4) is 11.3 Å². The second-order valence-corrected chi connectivity index (χ2v) is 6.89.